The van der Waals surface area contributed by atoms with Crippen LogP contribution < -0.4 is 0 Å². The molecule has 2 fully saturated rings. The van der Waals surface area contributed by atoms with Gasteiger partial charge in [0.25, 0.3) is 0 Å². The van der Waals surface area contributed by atoms with Crippen molar-refractivity contribution in [3.8, 4) is 0 Å². The highest BCUT2D eigenvalue weighted by Crippen LogP contribution is 2.42. The molecular weight excluding hydrogens is 244 g/mol. The molecule has 2 saturated carbocycles. The zero-order valence-corrected chi connectivity index (χ0v) is 13.5. The van der Waals surface area contributed by atoms with Crippen LogP contribution in [0.3, 0.4) is 0 Å². The van der Waals surface area contributed by atoms with Crippen molar-refractivity contribution in [2.24, 2.45) is 17.3 Å². The number of hydrogen-bond acceptors (Lipinski definition) is 1. The first-order chi connectivity index (χ1) is 9.79. The van der Waals surface area contributed by atoms with Crippen LogP contribution in [0.4, 0.5) is 0 Å². The number of hydrogen-bond donors (Lipinski definition) is 0. The summed E-state index contributed by atoms with van der Waals surface area (Å²) in [5, 5.41) is 0. The first kappa shape index (κ1) is 16.0. The molecule has 1 nitrogen and oxygen atoms in total. The third kappa shape index (κ3) is 4.33. The van der Waals surface area contributed by atoms with Gasteiger partial charge in [-0.15, -0.1) is 0 Å². The van der Waals surface area contributed by atoms with E-state index in [2.05, 4.69) is 6.92 Å². The van der Waals surface area contributed by atoms with E-state index in [1.54, 1.807) is 0 Å². The number of carbonyl (C=O) groups is 1. The van der Waals surface area contributed by atoms with Crippen molar-refractivity contribution in [3.63, 3.8) is 0 Å². The second-order valence-electron chi connectivity index (χ2n) is 7.53. The molecule has 0 heterocycles. The quantitative estimate of drug-likeness (QED) is 0.529. The number of carbonyl (C=O) groups excluding carboxylic acids is 1. The Morgan fingerprint density at radius 1 is 1.00 bits per heavy atom. The maximum absolute atomic E-state index is 11.6. The molecule has 1 unspecified atom stereocenters. The Morgan fingerprint density at radius 2 is 1.65 bits per heavy atom. The Balaban J connectivity index is 1.88. The summed E-state index contributed by atoms with van der Waals surface area (Å²) in [4.78, 5) is 11.6. The molecule has 2 aliphatic carbocycles. The van der Waals surface area contributed by atoms with E-state index in [0.717, 1.165) is 11.8 Å². The minimum Gasteiger partial charge on any atom is -0.303 e. The van der Waals surface area contributed by atoms with Crippen molar-refractivity contribution in [2.45, 2.75) is 96.8 Å². The number of rotatable bonds is 7. The zero-order valence-electron chi connectivity index (χ0n) is 13.5. The molecule has 0 N–H and O–H groups in total. The Morgan fingerprint density at radius 3 is 2.25 bits per heavy atom. The van der Waals surface area contributed by atoms with Crippen molar-refractivity contribution in [2.75, 3.05) is 0 Å². The summed E-state index contributed by atoms with van der Waals surface area (Å²) in [5.41, 5.74) is 0.0684. The van der Waals surface area contributed by atoms with Gasteiger partial charge < -0.3 is 4.79 Å². The van der Waals surface area contributed by atoms with E-state index in [9.17, 15) is 4.79 Å². The maximum Gasteiger partial charge on any atom is 0.126 e. The average Bonchev–Trinajstić information content (AvgIpc) is 2.53. The fourth-order valence-corrected chi connectivity index (χ4v) is 4.75. The summed E-state index contributed by atoms with van der Waals surface area (Å²) in [6, 6.07) is 0. The Labute approximate surface area is 125 Å². The van der Waals surface area contributed by atoms with E-state index in [4.69, 9.17) is 0 Å². The van der Waals surface area contributed by atoms with Crippen molar-refractivity contribution < 1.29 is 4.79 Å². The van der Waals surface area contributed by atoms with Crippen LogP contribution in [0.25, 0.3) is 0 Å². The lowest BCUT2D eigenvalue weighted by molar-refractivity contribution is -0.118. The first-order valence-corrected chi connectivity index (χ1v) is 9.26. The molecule has 0 amide bonds. The highest BCUT2D eigenvalue weighted by atomic mass is 16.1. The standard InChI is InChI=1S/C19H34O/c1-2-9-17(18-10-5-3-6-11-18)12-15-19(16-20)13-7-4-8-14-19/h16-18H,2-15H2,1H3. The second kappa shape index (κ2) is 8.20. The molecule has 0 bridgehead atoms. The first-order valence-electron chi connectivity index (χ1n) is 9.26. The fourth-order valence-electron chi connectivity index (χ4n) is 4.75. The minimum atomic E-state index is 0.0684. The summed E-state index contributed by atoms with van der Waals surface area (Å²) in [6.07, 6.45) is 20.0. The molecule has 2 aliphatic rings. The SMILES string of the molecule is CCCC(CCC1(C=O)CCCCC1)C1CCCCC1. The van der Waals surface area contributed by atoms with E-state index >= 15 is 0 Å². The van der Waals surface area contributed by atoms with Gasteiger partial charge in [-0.05, 0) is 37.5 Å². The van der Waals surface area contributed by atoms with Gasteiger partial charge in [-0.1, -0.05) is 71.1 Å². The molecule has 0 radical (unpaired) electrons. The molecule has 2 rings (SSSR count). The van der Waals surface area contributed by atoms with Gasteiger partial charge in [-0.2, -0.15) is 0 Å². The van der Waals surface area contributed by atoms with Crippen LogP contribution in [0.15, 0.2) is 0 Å². The predicted octanol–water partition coefficient (Wildman–Crippen LogP) is 5.91. The molecule has 116 valence electrons. The average molecular weight is 278 g/mol. The highest BCUT2D eigenvalue weighted by molar-refractivity contribution is 5.59. The van der Waals surface area contributed by atoms with Crippen LogP contribution in [-0.4, -0.2) is 6.29 Å². The van der Waals surface area contributed by atoms with Crippen LogP contribution >= 0.6 is 0 Å². The topological polar surface area (TPSA) is 17.1 Å². The van der Waals surface area contributed by atoms with Gasteiger partial charge in [0.2, 0.25) is 0 Å². The largest absolute Gasteiger partial charge is 0.303 e. The maximum atomic E-state index is 11.6. The van der Waals surface area contributed by atoms with Crippen LogP contribution in [0, 0.1) is 17.3 Å². The van der Waals surface area contributed by atoms with Gasteiger partial charge in [0.15, 0.2) is 0 Å². The van der Waals surface area contributed by atoms with E-state index in [0.29, 0.717) is 0 Å². The number of aldehydes is 1. The monoisotopic (exact) mass is 278 g/mol. The summed E-state index contributed by atoms with van der Waals surface area (Å²) in [6.45, 7) is 2.33. The molecule has 0 aliphatic heterocycles. The summed E-state index contributed by atoms with van der Waals surface area (Å²) in [5.74, 6) is 1.87. The van der Waals surface area contributed by atoms with Gasteiger partial charge in [0.05, 0.1) is 0 Å². The molecule has 20 heavy (non-hydrogen) atoms. The van der Waals surface area contributed by atoms with Gasteiger partial charge in [0, 0.05) is 5.41 Å². The van der Waals surface area contributed by atoms with Gasteiger partial charge in [0.1, 0.15) is 6.29 Å². The van der Waals surface area contributed by atoms with Crippen molar-refractivity contribution in [1.82, 2.24) is 0 Å². The van der Waals surface area contributed by atoms with Gasteiger partial charge in [-0.25, -0.2) is 0 Å². The van der Waals surface area contributed by atoms with E-state index < -0.39 is 0 Å². The Bertz CT molecular complexity index is 271. The van der Waals surface area contributed by atoms with Crippen LogP contribution in [-0.2, 0) is 4.79 Å². The van der Waals surface area contributed by atoms with E-state index in [1.807, 2.05) is 0 Å². The van der Waals surface area contributed by atoms with Crippen molar-refractivity contribution in [3.05, 3.63) is 0 Å². The van der Waals surface area contributed by atoms with Crippen molar-refractivity contribution >= 4 is 6.29 Å². The summed E-state index contributed by atoms with van der Waals surface area (Å²) >= 11 is 0. The third-order valence-corrected chi connectivity index (χ3v) is 6.09. The van der Waals surface area contributed by atoms with Gasteiger partial charge >= 0.3 is 0 Å². The van der Waals surface area contributed by atoms with Crippen molar-refractivity contribution in [1.29, 1.82) is 0 Å². The van der Waals surface area contributed by atoms with Gasteiger partial charge in [-0.3, -0.25) is 0 Å². The summed E-state index contributed by atoms with van der Waals surface area (Å²) in [7, 11) is 0. The smallest absolute Gasteiger partial charge is 0.126 e. The lowest BCUT2D eigenvalue weighted by atomic mass is 9.68. The molecular formula is C19H34O. The molecule has 1 atom stereocenters. The normalized spacial score (nSPS) is 25.2. The van der Waals surface area contributed by atoms with E-state index in [1.165, 1.54) is 96.2 Å². The third-order valence-electron chi connectivity index (χ3n) is 6.09. The fraction of sp³-hybridized carbons (Fsp3) is 0.947. The minimum absolute atomic E-state index is 0.0684. The van der Waals surface area contributed by atoms with E-state index in [-0.39, 0.29) is 5.41 Å². The Hall–Kier alpha value is -0.330. The predicted molar refractivity (Wildman–Crippen MR) is 85.8 cm³/mol. The molecule has 0 aromatic heterocycles. The highest BCUT2D eigenvalue weighted by Gasteiger charge is 2.33. The van der Waals surface area contributed by atoms with Crippen LogP contribution in [0.2, 0.25) is 0 Å². The Kier molecular flexibility index (Phi) is 6.58. The lowest BCUT2D eigenvalue weighted by Crippen LogP contribution is -2.28. The van der Waals surface area contributed by atoms with Crippen LogP contribution in [0.1, 0.15) is 96.8 Å². The lowest BCUT2D eigenvalue weighted by Gasteiger charge is -2.36. The summed E-state index contributed by atoms with van der Waals surface area (Å²) < 4.78 is 0. The molecule has 0 spiro atoms. The molecule has 0 aromatic rings. The molecule has 0 aromatic carbocycles. The van der Waals surface area contributed by atoms with Crippen LogP contribution in [0.5, 0.6) is 0 Å². The zero-order chi connectivity index (χ0) is 14.3. The second-order valence-corrected chi connectivity index (χ2v) is 7.53. The molecule has 1 heteroatoms. The molecule has 0 saturated heterocycles.